The van der Waals surface area contributed by atoms with E-state index in [1.807, 2.05) is 49.4 Å². The number of anilines is 1. The maximum atomic E-state index is 5.79. The summed E-state index contributed by atoms with van der Waals surface area (Å²) in [6.07, 6.45) is 0. The minimum absolute atomic E-state index is 0.581. The van der Waals surface area contributed by atoms with Gasteiger partial charge in [0.1, 0.15) is 18.2 Å². The van der Waals surface area contributed by atoms with Gasteiger partial charge in [0.2, 0.25) is 0 Å². The van der Waals surface area contributed by atoms with Crippen LogP contribution >= 0.6 is 11.6 Å². The molecule has 0 aliphatic rings. The summed E-state index contributed by atoms with van der Waals surface area (Å²) >= 11 is 5.79. The molecule has 3 nitrogen and oxygen atoms in total. The predicted molar refractivity (Wildman–Crippen MR) is 74.4 cm³/mol. The van der Waals surface area contributed by atoms with Crippen LogP contribution in [0.15, 0.2) is 42.5 Å². The Kier molecular flexibility index (Phi) is 4.42. The monoisotopic (exact) mass is 262 g/mol. The fourth-order valence-electron chi connectivity index (χ4n) is 1.52. The Morgan fingerprint density at radius 2 is 1.94 bits per heavy atom. The fraction of sp³-hybridized carbons (Fsp3) is 0.214. The summed E-state index contributed by atoms with van der Waals surface area (Å²) in [4.78, 5) is 4.35. The topological polar surface area (TPSA) is 34.1 Å². The number of nitrogens with one attached hydrogen (secondary N) is 1. The van der Waals surface area contributed by atoms with E-state index >= 15 is 0 Å². The molecule has 4 heteroatoms. The average molecular weight is 263 g/mol. The molecule has 0 fully saturated rings. The zero-order chi connectivity index (χ0) is 12.8. The molecule has 0 bridgehead atoms. The molecular formula is C14H15ClN2O. The van der Waals surface area contributed by atoms with E-state index in [0.717, 1.165) is 17.3 Å². The van der Waals surface area contributed by atoms with Crippen LogP contribution in [0.5, 0.6) is 5.75 Å². The summed E-state index contributed by atoms with van der Waals surface area (Å²) in [5.74, 6) is 1.69. The van der Waals surface area contributed by atoms with Crippen LogP contribution in [0.4, 0.5) is 5.82 Å². The normalized spacial score (nSPS) is 10.1. The van der Waals surface area contributed by atoms with Crippen molar-refractivity contribution in [2.45, 2.75) is 6.92 Å². The number of benzene rings is 1. The van der Waals surface area contributed by atoms with Gasteiger partial charge in [0.05, 0.1) is 6.54 Å². The number of hydrogen-bond donors (Lipinski definition) is 1. The van der Waals surface area contributed by atoms with E-state index in [1.54, 1.807) is 0 Å². The van der Waals surface area contributed by atoms with Crippen molar-refractivity contribution in [3.63, 3.8) is 0 Å². The van der Waals surface area contributed by atoms with E-state index in [4.69, 9.17) is 16.3 Å². The molecule has 0 spiro atoms. The zero-order valence-corrected chi connectivity index (χ0v) is 10.9. The summed E-state index contributed by atoms with van der Waals surface area (Å²) in [7, 11) is 0. The maximum Gasteiger partial charge on any atom is 0.126 e. The molecule has 0 aliphatic carbocycles. The Bertz CT molecular complexity index is 499. The second-order valence-electron chi connectivity index (χ2n) is 3.89. The Labute approximate surface area is 112 Å². The molecule has 1 aromatic carbocycles. The lowest BCUT2D eigenvalue weighted by molar-refractivity contribution is 0.333. The van der Waals surface area contributed by atoms with Crippen LogP contribution in [0.25, 0.3) is 0 Å². The standard InChI is InChI=1S/C14H15ClN2O/c1-11-3-2-4-14(17-11)16-9-10-18-13-7-5-12(15)6-8-13/h2-8H,9-10H2,1H3,(H,16,17). The van der Waals surface area contributed by atoms with Crippen LogP contribution in [-0.4, -0.2) is 18.1 Å². The molecule has 18 heavy (non-hydrogen) atoms. The second-order valence-corrected chi connectivity index (χ2v) is 4.33. The molecule has 0 saturated carbocycles. The molecule has 2 rings (SSSR count). The van der Waals surface area contributed by atoms with Crippen molar-refractivity contribution in [2.24, 2.45) is 0 Å². The summed E-state index contributed by atoms with van der Waals surface area (Å²) in [5.41, 5.74) is 0.999. The molecule has 0 radical (unpaired) electrons. The first-order valence-corrected chi connectivity index (χ1v) is 6.18. The van der Waals surface area contributed by atoms with Gasteiger partial charge >= 0.3 is 0 Å². The minimum Gasteiger partial charge on any atom is -0.492 e. The van der Waals surface area contributed by atoms with Gasteiger partial charge in [0.15, 0.2) is 0 Å². The number of nitrogens with zero attached hydrogens (tertiary/aromatic N) is 1. The summed E-state index contributed by atoms with van der Waals surface area (Å²) in [6, 6.07) is 13.2. The summed E-state index contributed by atoms with van der Waals surface area (Å²) in [5, 5.41) is 3.92. The Morgan fingerprint density at radius 3 is 2.67 bits per heavy atom. The lowest BCUT2D eigenvalue weighted by Gasteiger charge is -2.08. The van der Waals surface area contributed by atoms with Crippen LogP contribution in [-0.2, 0) is 0 Å². The molecular weight excluding hydrogens is 248 g/mol. The van der Waals surface area contributed by atoms with Gasteiger partial charge in [-0.25, -0.2) is 4.98 Å². The first-order chi connectivity index (χ1) is 8.74. The van der Waals surface area contributed by atoms with Crippen molar-refractivity contribution in [1.29, 1.82) is 0 Å². The van der Waals surface area contributed by atoms with Crippen molar-refractivity contribution in [2.75, 3.05) is 18.5 Å². The molecule has 1 aromatic heterocycles. The molecule has 0 aliphatic heterocycles. The van der Waals surface area contributed by atoms with Gasteiger partial charge in [0.25, 0.3) is 0 Å². The first kappa shape index (κ1) is 12.7. The molecule has 94 valence electrons. The van der Waals surface area contributed by atoms with Crippen molar-refractivity contribution >= 4 is 17.4 Å². The Balaban J connectivity index is 1.74. The SMILES string of the molecule is Cc1cccc(NCCOc2ccc(Cl)cc2)n1. The maximum absolute atomic E-state index is 5.79. The molecule has 0 atom stereocenters. The van der Waals surface area contributed by atoms with E-state index in [-0.39, 0.29) is 0 Å². The molecule has 0 amide bonds. The first-order valence-electron chi connectivity index (χ1n) is 5.80. The van der Waals surface area contributed by atoms with Gasteiger partial charge in [-0.1, -0.05) is 17.7 Å². The van der Waals surface area contributed by atoms with Gasteiger partial charge in [0, 0.05) is 10.7 Å². The van der Waals surface area contributed by atoms with Crippen LogP contribution in [0.2, 0.25) is 5.02 Å². The third-order valence-corrected chi connectivity index (χ3v) is 2.63. The fourth-order valence-corrected chi connectivity index (χ4v) is 1.65. The third-order valence-electron chi connectivity index (χ3n) is 2.38. The highest BCUT2D eigenvalue weighted by molar-refractivity contribution is 6.30. The lowest BCUT2D eigenvalue weighted by Crippen LogP contribution is -2.12. The van der Waals surface area contributed by atoms with Gasteiger partial charge in [-0.05, 0) is 43.3 Å². The highest BCUT2D eigenvalue weighted by atomic mass is 35.5. The van der Waals surface area contributed by atoms with Crippen molar-refractivity contribution < 1.29 is 4.74 Å². The second kappa shape index (κ2) is 6.26. The highest BCUT2D eigenvalue weighted by Gasteiger charge is 1.95. The smallest absolute Gasteiger partial charge is 0.126 e. The molecule has 0 unspecified atom stereocenters. The van der Waals surface area contributed by atoms with Crippen LogP contribution in [0.3, 0.4) is 0 Å². The number of halogens is 1. The quantitative estimate of drug-likeness (QED) is 0.837. The van der Waals surface area contributed by atoms with E-state index in [1.165, 1.54) is 0 Å². The lowest BCUT2D eigenvalue weighted by atomic mass is 10.3. The van der Waals surface area contributed by atoms with Crippen LogP contribution in [0, 0.1) is 6.92 Å². The van der Waals surface area contributed by atoms with E-state index in [2.05, 4.69) is 10.3 Å². The van der Waals surface area contributed by atoms with Crippen molar-refractivity contribution in [3.8, 4) is 5.75 Å². The van der Waals surface area contributed by atoms with Crippen molar-refractivity contribution in [1.82, 2.24) is 4.98 Å². The zero-order valence-electron chi connectivity index (χ0n) is 10.2. The Hall–Kier alpha value is -1.74. The number of hydrogen-bond acceptors (Lipinski definition) is 3. The summed E-state index contributed by atoms with van der Waals surface area (Å²) in [6.45, 7) is 3.26. The molecule has 0 saturated heterocycles. The summed E-state index contributed by atoms with van der Waals surface area (Å²) < 4.78 is 5.56. The van der Waals surface area contributed by atoms with E-state index in [9.17, 15) is 0 Å². The van der Waals surface area contributed by atoms with Crippen molar-refractivity contribution in [3.05, 3.63) is 53.2 Å². The number of aryl methyl sites for hydroxylation is 1. The average Bonchev–Trinajstić information content (AvgIpc) is 2.37. The third kappa shape index (κ3) is 3.93. The van der Waals surface area contributed by atoms with E-state index < -0.39 is 0 Å². The van der Waals surface area contributed by atoms with Crippen LogP contribution in [0.1, 0.15) is 5.69 Å². The van der Waals surface area contributed by atoms with Gasteiger partial charge in [-0.2, -0.15) is 0 Å². The Morgan fingerprint density at radius 1 is 1.17 bits per heavy atom. The molecule has 1 heterocycles. The van der Waals surface area contributed by atoms with E-state index in [0.29, 0.717) is 18.2 Å². The largest absolute Gasteiger partial charge is 0.492 e. The molecule has 2 aromatic rings. The van der Waals surface area contributed by atoms with Gasteiger partial charge in [-0.3, -0.25) is 0 Å². The number of rotatable bonds is 5. The molecule has 1 N–H and O–H groups in total. The minimum atomic E-state index is 0.581. The van der Waals surface area contributed by atoms with Gasteiger partial charge in [-0.15, -0.1) is 0 Å². The predicted octanol–water partition coefficient (Wildman–Crippen LogP) is 3.53. The van der Waals surface area contributed by atoms with Crippen LogP contribution < -0.4 is 10.1 Å². The number of aromatic nitrogens is 1. The highest BCUT2D eigenvalue weighted by Crippen LogP contribution is 2.15. The van der Waals surface area contributed by atoms with Gasteiger partial charge < -0.3 is 10.1 Å². The number of pyridine rings is 1. The number of ether oxygens (including phenoxy) is 1.